The fourth-order valence-electron chi connectivity index (χ4n) is 2.63. The summed E-state index contributed by atoms with van der Waals surface area (Å²) >= 11 is 3.18. The van der Waals surface area contributed by atoms with E-state index in [4.69, 9.17) is 0 Å². The number of hydrogen-bond donors (Lipinski definition) is 2. The van der Waals surface area contributed by atoms with Gasteiger partial charge < -0.3 is 10.6 Å². The highest BCUT2D eigenvalue weighted by Gasteiger charge is 2.20. The van der Waals surface area contributed by atoms with Gasteiger partial charge in [-0.25, -0.2) is 4.68 Å². The van der Waals surface area contributed by atoms with Gasteiger partial charge in [-0.1, -0.05) is 5.21 Å². The first-order valence-electron chi connectivity index (χ1n) is 8.75. The molecule has 1 aromatic carbocycles. The molecule has 0 spiro atoms. The van der Waals surface area contributed by atoms with Gasteiger partial charge in [0, 0.05) is 24.4 Å². The van der Waals surface area contributed by atoms with Gasteiger partial charge in [-0.15, -0.1) is 5.10 Å². The van der Waals surface area contributed by atoms with Gasteiger partial charge in [-0.3, -0.25) is 9.59 Å². The van der Waals surface area contributed by atoms with Crippen molar-refractivity contribution in [3.05, 3.63) is 63.6 Å². The van der Waals surface area contributed by atoms with E-state index >= 15 is 0 Å². The van der Waals surface area contributed by atoms with Crippen molar-refractivity contribution in [3.63, 3.8) is 0 Å². The Hall–Kier alpha value is -2.65. The number of aromatic nitrogens is 3. The molecular weight excluding hydrogens is 394 g/mol. The number of carbonyl (C=O) groups is 2. The summed E-state index contributed by atoms with van der Waals surface area (Å²) in [7, 11) is 0. The number of thioether (sulfide) groups is 1. The van der Waals surface area contributed by atoms with Gasteiger partial charge in [0.2, 0.25) is 0 Å². The second-order valence-electron chi connectivity index (χ2n) is 5.95. The molecule has 2 amide bonds. The van der Waals surface area contributed by atoms with Gasteiger partial charge in [-0.05, 0) is 59.8 Å². The van der Waals surface area contributed by atoms with E-state index in [1.165, 1.54) is 0 Å². The molecule has 0 saturated carbocycles. The third kappa shape index (κ3) is 4.60. The van der Waals surface area contributed by atoms with Gasteiger partial charge in [0.1, 0.15) is 0 Å². The molecule has 0 aliphatic heterocycles. The minimum atomic E-state index is -0.250. The molecule has 0 atom stereocenters. The largest absolute Gasteiger partial charge is 0.352 e. The number of nitrogens with one attached hydrogen (secondary N) is 2. The van der Waals surface area contributed by atoms with Crippen molar-refractivity contribution in [1.82, 2.24) is 25.6 Å². The summed E-state index contributed by atoms with van der Waals surface area (Å²) in [6.07, 6.45) is 1.96. The minimum Gasteiger partial charge on any atom is -0.352 e. The Kier molecular flexibility index (Phi) is 6.83. The monoisotopic (exact) mass is 415 g/mol. The van der Waals surface area contributed by atoms with Crippen LogP contribution >= 0.6 is 23.1 Å². The first kappa shape index (κ1) is 20.1. The van der Waals surface area contributed by atoms with Crippen LogP contribution in [0.2, 0.25) is 0 Å². The third-order valence-corrected chi connectivity index (χ3v) is 5.30. The average molecular weight is 416 g/mol. The zero-order valence-electron chi connectivity index (χ0n) is 15.6. The summed E-state index contributed by atoms with van der Waals surface area (Å²) in [5, 5.41) is 17.9. The van der Waals surface area contributed by atoms with Gasteiger partial charge in [0.25, 0.3) is 11.8 Å². The van der Waals surface area contributed by atoms with Crippen LogP contribution in [-0.2, 0) is 12.3 Å². The summed E-state index contributed by atoms with van der Waals surface area (Å²) in [5.74, 6) is 0.220. The van der Waals surface area contributed by atoms with Crippen molar-refractivity contribution in [2.45, 2.75) is 19.2 Å². The van der Waals surface area contributed by atoms with E-state index in [1.807, 2.05) is 30.0 Å². The summed E-state index contributed by atoms with van der Waals surface area (Å²) in [6, 6.07) is 9.05. The Bertz CT molecular complexity index is 936. The van der Waals surface area contributed by atoms with Crippen molar-refractivity contribution in [2.24, 2.45) is 0 Å². The molecule has 0 bridgehead atoms. The lowest BCUT2D eigenvalue weighted by Crippen LogP contribution is -2.24. The van der Waals surface area contributed by atoms with Crippen LogP contribution in [-0.4, -0.2) is 39.6 Å². The molecule has 0 saturated heterocycles. The topological polar surface area (TPSA) is 88.9 Å². The maximum Gasteiger partial charge on any atom is 0.274 e. The fourth-order valence-corrected chi connectivity index (χ4v) is 3.83. The predicted molar refractivity (Wildman–Crippen MR) is 112 cm³/mol. The lowest BCUT2D eigenvalue weighted by molar-refractivity contribution is 0.0941. The van der Waals surface area contributed by atoms with E-state index in [2.05, 4.69) is 20.9 Å². The molecule has 0 unspecified atom stereocenters. The molecule has 9 heteroatoms. The van der Waals surface area contributed by atoms with Gasteiger partial charge in [-0.2, -0.15) is 23.1 Å². The van der Waals surface area contributed by atoms with Crippen LogP contribution in [0, 0.1) is 0 Å². The Labute approximate surface area is 171 Å². The number of benzene rings is 1. The molecule has 0 radical (unpaired) electrons. The van der Waals surface area contributed by atoms with E-state index in [1.54, 1.807) is 52.0 Å². The quantitative estimate of drug-likeness (QED) is 0.591. The van der Waals surface area contributed by atoms with Crippen LogP contribution in [0.15, 0.2) is 41.1 Å². The number of nitrogens with zero attached hydrogens (tertiary/aromatic N) is 3. The van der Waals surface area contributed by atoms with Crippen LogP contribution in [0.25, 0.3) is 5.69 Å². The highest BCUT2D eigenvalue weighted by molar-refractivity contribution is 7.97. The third-order valence-electron chi connectivity index (χ3n) is 4.00. The molecule has 7 nitrogen and oxygen atoms in total. The highest BCUT2D eigenvalue weighted by atomic mass is 32.2. The highest BCUT2D eigenvalue weighted by Crippen LogP contribution is 2.18. The molecular formula is C19H21N5O2S2. The number of rotatable bonds is 8. The summed E-state index contributed by atoms with van der Waals surface area (Å²) in [6.45, 7) is 2.90. The first-order valence-corrected chi connectivity index (χ1v) is 11.1. The Morgan fingerprint density at radius 3 is 2.57 bits per heavy atom. The van der Waals surface area contributed by atoms with Crippen LogP contribution in [0.3, 0.4) is 0 Å². The van der Waals surface area contributed by atoms with Crippen LogP contribution in [0.1, 0.15) is 39.0 Å². The van der Waals surface area contributed by atoms with Crippen molar-refractivity contribution in [2.75, 3.05) is 12.8 Å². The van der Waals surface area contributed by atoms with Crippen molar-refractivity contribution in [1.29, 1.82) is 0 Å². The molecule has 0 fully saturated rings. The van der Waals surface area contributed by atoms with Crippen LogP contribution in [0.5, 0.6) is 0 Å². The van der Waals surface area contributed by atoms with E-state index in [-0.39, 0.29) is 11.8 Å². The molecule has 2 aromatic heterocycles. The van der Waals surface area contributed by atoms with Gasteiger partial charge in [0.15, 0.2) is 5.69 Å². The second-order valence-corrected chi connectivity index (χ2v) is 7.60. The average Bonchev–Trinajstić information content (AvgIpc) is 3.37. The number of amides is 2. The molecule has 0 aliphatic carbocycles. The number of carbonyl (C=O) groups excluding carboxylic acids is 2. The lowest BCUT2D eigenvalue weighted by atomic mass is 10.2. The summed E-state index contributed by atoms with van der Waals surface area (Å²) in [4.78, 5) is 24.5. The molecule has 0 aliphatic rings. The molecule has 3 aromatic rings. The predicted octanol–water partition coefficient (Wildman–Crippen LogP) is 2.87. The summed E-state index contributed by atoms with van der Waals surface area (Å²) in [5.41, 5.74) is 3.42. The maximum atomic E-state index is 12.6. The van der Waals surface area contributed by atoms with Crippen molar-refractivity contribution >= 4 is 34.9 Å². The normalized spacial score (nSPS) is 10.6. The Morgan fingerprint density at radius 1 is 1.14 bits per heavy atom. The Balaban J connectivity index is 1.81. The van der Waals surface area contributed by atoms with E-state index < -0.39 is 0 Å². The smallest absolute Gasteiger partial charge is 0.274 e. The standard InChI is InChI=1S/C19H21N5O2S2/c1-3-20-18(25)14-4-6-15(7-5-14)24-16(12-27-2)17(22-23-24)19(26)21-10-13-8-9-28-11-13/h4-9,11H,3,10,12H2,1-2H3,(H,20,25)(H,21,26). The fraction of sp³-hybridized carbons (Fsp3) is 0.263. The van der Waals surface area contributed by atoms with E-state index in [9.17, 15) is 9.59 Å². The van der Waals surface area contributed by atoms with Gasteiger partial charge >= 0.3 is 0 Å². The van der Waals surface area contributed by atoms with E-state index in [0.29, 0.717) is 30.1 Å². The number of thiophene rings is 1. The Morgan fingerprint density at radius 2 is 1.93 bits per heavy atom. The van der Waals surface area contributed by atoms with Crippen molar-refractivity contribution in [3.8, 4) is 5.69 Å². The van der Waals surface area contributed by atoms with Crippen LogP contribution < -0.4 is 10.6 Å². The maximum absolute atomic E-state index is 12.6. The van der Waals surface area contributed by atoms with Crippen molar-refractivity contribution < 1.29 is 9.59 Å². The zero-order valence-corrected chi connectivity index (χ0v) is 17.3. The molecule has 146 valence electrons. The molecule has 2 heterocycles. The lowest BCUT2D eigenvalue weighted by Gasteiger charge is -2.08. The summed E-state index contributed by atoms with van der Waals surface area (Å²) < 4.78 is 1.65. The zero-order chi connectivity index (χ0) is 19.9. The molecule has 28 heavy (non-hydrogen) atoms. The van der Waals surface area contributed by atoms with Gasteiger partial charge in [0.05, 0.1) is 11.4 Å². The second kappa shape index (κ2) is 9.52. The minimum absolute atomic E-state index is 0.120. The number of hydrogen-bond acceptors (Lipinski definition) is 6. The van der Waals surface area contributed by atoms with E-state index in [0.717, 1.165) is 16.9 Å². The first-order chi connectivity index (χ1) is 13.6. The van der Waals surface area contributed by atoms with Crippen LogP contribution in [0.4, 0.5) is 0 Å². The molecule has 3 rings (SSSR count). The molecule has 2 N–H and O–H groups in total. The SMILES string of the molecule is CCNC(=O)c1ccc(-n2nnc(C(=O)NCc3ccsc3)c2CSC)cc1.